The van der Waals surface area contributed by atoms with E-state index in [4.69, 9.17) is 14.9 Å². The highest BCUT2D eigenvalue weighted by atomic mass is 16.5. The molecule has 11 nitrogen and oxygen atoms in total. The molecule has 1 aromatic carbocycles. The standard InChI is InChI=1S/C32H39N7O4/c1-20(35-32(41)42)15-23-17-33-18-25(21(23)2)22-10-11-27-24(16-22)29(37-39(27)28-9-5-8-14-43-28)30-34-19-26(36-30)31(40)38-12-6-3-4-7-13-38/h10-11,16-20,28,35H,3-9,12-15H2,1-2H3,(H,34,36)(H,41,42). The van der Waals surface area contributed by atoms with Gasteiger partial charge in [0.15, 0.2) is 12.1 Å². The van der Waals surface area contributed by atoms with Gasteiger partial charge in [-0.3, -0.25) is 9.78 Å². The Morgan fingerprint density at radius 1 is 1.12 bits per heavy atom. The minimum atomic E-state index is -1.04. The van der Waals surface area contributed by atoms with E-state index >= 15 is 0 Å². The first-order chi connectivity index (χ1) is 20.9. The van der Waals surface area contributed by atoms with Crippen LogP contribution in [0, 0.1) is 6.92 Å². The van der Waals surface area contributed by atoms with Crippen molar-refractivity contribution >= 4 is 22.9 Å². The van der Waals surface area contributed by atoms with E-state index in [1.807, 2.05) is 29.6 Å². The fourth-order valence-electron chi connectivity index (χ4n) is 6.27. The SMILES string of the molecule is Cc1c(CC(C)NC(=O)O)cncc1-c1ccc2c(c1)c(-c1ncc(C(=O)N3CCCCCC3)[nH]1)nn2C1CCCCO1. The molecule has 2 saturated heterocycles. The largest absolute Gasteiger partial charge is 0.465 e. The number of nitrogens with one attached hydrogen (secondary N) is 2. The number of benzene rings is 1. The smallest absolute Gasteiger partial charge is 0.404 e. The predicted molar refractivity (Wildman–Crippen MR) is 163 cm³/mol. The Balaban J connectivity index is 1.39. The summed E-state index contributed by atoms with van der Waals surface area (Å²) in [5.41, 5.74) is 6.03. The van der Waals surface area contributed by atoms with E-state index in [9.17, 15) is 9.59 Å². The number of nitrogens with zero attached hydrogens (tertiary/aromatic N) is 5. The van der Waals surface area contributed by atoms with E-state index in [-0.39, 0.29) is 18.2 Å². The van der Waals surface area contributed by atoms with E-state index in [0.717, 1.165) is 91.2 Å². The lowest BCUT2D eigenvalue weighted by molar-refractivity contribution is -0.0365. The molecule has 6 rings (SSSR count). The summed E-state index contributed by atoms with van der Waals surface area (Å²) in [4.78, 5) is 38.8. The fraction of sp³-hybridized carbons (Fsp3) is 0.469. The molecule has 2 fully saturated rings. The van der Waals surface area contributed by atoms with Crippen LogP contribution in [0.15, 0.2) is 36.8 Å². The summed E-state index contributed by atoms with van der Waals surface area (Å²) in [6, 6.07) is 5.98. The number of rotatable bonds is 7. The number of H-pyrrole nitrogens is 1. The van der Waals surface area contributed by atoms with E-state index in [0.29, 0.717) is 30.2 Å². The summed E-state index contributed by atoms with van der Waals surface area (Å²) in [5.74, 6) is 0.526. The number of hydrogen-bond acceptors (Lipinski definition) is 6. The second kappa shape index (κ2) is 12.5. The van der Waals surface area contributed by atoms with Crippen LogP contribution in [0.5, 0.6) is 0 Å². The first-order valence-corrected chi connectivity index (χ1v) is 15.3. The van der Waals surface area contributed by atoms with Crippen LogP contribution >= 0.6 is 0 Å². The number of likely N-dealkylation sites (tertiary alicyclic amines) is 1. The third-order valence-corrected chi connectivity index (χ3v) is 8.59. The quantitative estimate of drug-likeness (QED) is 0.252. The summed E-state index contributed by atoms with van der Waals surface area (Å²) >= 11 is 0. The number of imidazole rings is 1. The van der Waals surface area contributed by atoms with Gasteiger partial charge in [0.25, 0.3) is 5.91 Å². The van der Waals surface area contributed by atoms with Crippen molar-refractivity contribution in [2.75, 3.05) is 19.7 Å². The van der Waals surface area contributed by atoms with E-state index in [2.05, 4.69) is 38.5 Å². The molecular weight excluding hydrogens is 546 g/mol. The molecule has 3 aromatic heterocycles. The number of pyridine rings is 1. The normalized spacial score (nSPS) is 18.4. The van der Waals surface area contributed by atoms with Crippen LogP contribution in [0.4, 0.5) is 4.79 Å². The fourth-order valence-corrected chi connectivity index (χ4v) is 6.27. The van der Waals surface area contributed by atoms with Crippen LogP contribution in [0.1, 0.15) is 79.7 Å². The molecule has 0 bridgehead atoms. The number of aromatic nitrogens is 5. The van der Waals surface area contributed by atoms with Gasteiger partial charge in [-0.2, -0.15) is 5.10 Å². The van der Waals surface area contributed by atoms with Crippen LogP contribution in [0.25, 0.3) is 33.5 Å². The van der Waals surface area contributed by atoms with Crippen molar-refractivity contribution in [1.82, 2.24) is 34.9 Å². The molecule has 0 radical (unpaired) electrons. The summed E-state index contributed by atoms with van der Waals surface area (Å²) in [7, 11) is 0. The van der Waals surface area contributed by atoms with Crippen LogP contribution in [-0.4, -0.2) is 72.5 Å². The number of aromatic amines is 1. The molecule has 0 saturated carbocycles. The zero-order valence-electron chi connectivity index (χ0n) is 24.8. The Labute approximate surface area is 250 Å². The summed E-state index contributed by atoms with van der Waals surface area (Å²) < 4.78 is 8.07. The maximum atomic E-state index is 13.3. The number of carbonyl (C=O) groups is 2. The highest BCUT2D eigenvalue weighted by Crippen LogP contribution is 2.35. The zero-order chi connectivity index (χ0) is 29.9. The van der Waals surface area contributed by atoms with Gasteiger partial charge in [0.05, 0.1) is 11.7 Å². The first-order valence-electron chi connectivity index (χ1n) is 15.3. The molecule has 3 N–H and O–H groups in total. The second-order valence-corrected chi connectivity index (χ2v) is 11.7. The number of amides is 2. The van der Waals surface area contributed by atoms with Gasteiger partial charge in [-0.15, -0.1) is 0 Å². The van der Waals surface area contributed by atoms with Crippen LogP contribution in [0.3, 0.4) is 0 Å². The van der Waals surface area contributed by atoms with Gasteiger partial charge >= 0.3 is 6.09 Å². The average Bonchev–Trinajstić information content (AvgIpc) is 3.54. The van der Waals surface area contributed by atoms with Crippen molar-refractivity contribution in [2.45, 2.75) is 77.5 Å². The maximum absolute atomic E-state index is 13.3. The Kier molecular flexibility index (Phi) is 8.42. The molecule has 2 aliphatic heterocycles. The number of ether oxygens (including phenoxy) is 1. The van der Waals surface area contributed by atoms with Gasteiger partial charge in [-0.1, -0.05) is 18.9 Å². The third kappa shape index (κ3) is 6.13. The Hall–Kier alpha value is -4.25. The summed E-state index contributed by atoms with van der Waals surface area (Å²) in [5, 5.41) is 17.6. The molecule has 2 aliphatic rings. The highest BCUT2D eigenvalue weighted by Gasteiger charge is 2.25. The van der Waals surface area contributed by atoms with Crippen LogP contribution in [-0.2, 0) is 11.2 Å². The zero-order valence-corrected chi connectivity index (χ0v) is 24.8. The molecule has 2 atom stereocenters. The second-order valence-electron chi connectivity index (χ2n) is 11.7. The molecule has 43 heavy (non-hydrogen) atoms. The maximum Gasteiger partial charge on any atom is 0.404 e. The van der Waals surface area contributed by atoms with E-state index in [1.54, 1.807) is 12.4 Å². The van der Waals surface area contributed by atoms with Crippen molar-refractivity contribution in [3.8, 4) is 22.6 Å². The topological polar surface area (TPSA) is 138 Å². The van der Waals surface area contributed by atoms with Gasteiger partial charge in [-0.25, -0.2) is 14.5 Å². The molecule has 5 heterocycles. The van der Waals surface area contributed by atoms with Crippen molar-refractivity contribution in [3.05, 3.63) is 53.6 Å². The minimum absolute atomic E-state index is 0.0224. The molecule has 4 aromatic rings. The van der Waals surface area contributed by atoms with Crippen molar-refractivity contribution in [1.29, 1.82) is 0 Å². The number of hydrogen-bond donors (Lipinski definition) is 3. The Morgan fingerprint density at radius 2 is 1.93 bits per heavy atom. The Morgan fingerprint density at radius 3 is 2.67 bits per heavy atom. The molecule has 2 amide bonds. The van der Waals surface area contributed by atoms with E-state index in [1.165, 1.54) is 0 Å². The lowest BCUT2D eigenvalue weighted by atomic mass is 9.95. The van der Waals surface area contributed by atoms with Crippen LogP contribution < -0.4 is 5.32 Å². The lowest BCUT2D eigenvalue weighted by Gasteiger charge is -2.23. The summed E-state index contributed by atoms with van der Waals surface area (Å²) in [6.45, 7) is 6.11. The van der Waals surface area contributed by atoms with Crippen LogP contribution in [0.2, 0.25) is 0 Å². The molecule has 0 aliphatic carbocycles. The number of carboxylic acid groups (broad SMARTS) is 1. The van der Waals surface area contributed by atoms with Gasteiger partial charge < -0.3 is 25.0 Å². The average molecular weight is 586 g/mol. The molecular formula is C32H39N7O4. The van der Waals surface area contributed by atoms with Gasteiger partial charge in [0.2, 0.25) is 0 Å². The molecule has 11 heteroatoms. The molecule has 0 spiro atoms. The molecule has 2 unspecified atom stereocenters. The Bertz CT molecular complexity index is 1610. The van der Waals surface area contributed by atoms with Crippen molar-refractivity contribution in [2.24, 2.45) is 0 Å². The van der Waals surface area contributed by atoms with Gasteiger partial charge in [-0.05, 0) is 81.2 Å². The van der Waals surface area contributed by atoms with Crippen molar-refractivity contribution < 1.29 is 19.4 Å². The van der Waals surface area contributed by atoms with E-state index < -0.39 is 6.09 Å². The summed E-state index contributed by atoms with van der Waals surface area (Å²) in [6.07, 6.45) is 11.9. The monoisotopic (exact) mass is 585 g/mol. The minimum Gasteiger partial charge on any atom is -0.465 e. The third-order valence-electron chi connectivity index (χ3n) is 8.59. The van der Waals surface area contributed by atoms with Crippen molar-refractivity contribution in [3.63, 3.8) is 0 Å². The lowest BCUT2D eigenvalue weighted by Crippen LogP contribution is -2.32. The predicted octanol–water partition coefficient (Wildman–Crippen LogP) is 5.71. The first kappa shape index (κ1) is 28.9. The van der Waals surface area contributed by atoms with Gasteiger partial charge in [0.1, 0.15) is 11.4 Å². The van der Waals surface area contributed by atoms with Gasteiger partial charge in [0, 0.05) is 49.1 Å². The number of carbonyl (C=O) groups excluding carboxylic acids is 1. The molecule has 226 valence electrons. The highest BCUT2D eigenvalue weighted by molar-refractivity contribution is 5.97. The number of fused-ring (bicyclic) bond motifs is 1.